The zero-order chi connectivity index (χ0) is 25.5. The molecule has 4 aliphatic rings. The number of ether oxygens (including phenoxy) is 1. The molecular weight excluding hydrogens is 464 g/mol. The number of likely N-dealkylation sites (N-methyl/N-ethyl adjacent to an activating group) is 1. The summed E-state index contributed by atoms with van der Waals surface area (Å²) in [5.41, 5.74) is 4.73. The normalized spacial score (nSPS) is 29.2. The van der Waals surface area contributed by atoms with E-state index in [-0.39, 0.29) is 23.7 Å². The van der Waals surface area contributed by atoms with Crippen LogP contribution in [0, 0.1) is 0 Å². The number of rotatable bonds is 5. The van der Waals surface area contributed by atoms with Crippen LogP contribution in [0.4, 0.5) is 0 Å². The Labute approximate surface area is 216 Å². The number of ketones is 1. The van der Waals surface area contributed by atoms with Gasteiger partial charge in [-0.05, 0) is 73.8 Å². The molecule has 2 aromatic carbocycles. The number of aromatic nitrogens is 1. The number of hydrogen-bond acceptors (Lipinski definition) is 5. The van der Waals surface area contributed by atoms with E-state index in [0.29, 0.717) is 18.6 Å². The average Bonchev–Trinajstić information content (AvgIpc) is 3.39. The number of allylic oxidation sites excluding steroid dienone is 1. The van der Waals surface area contributed by atoms with Gasteiger partial charge in [-0.25, -0.2) is 0 Å². The highest BCUT2D eigenvalue weighted by molar-refractivity contribution is 5.93. The number of piperidine rings is 1. The Bertz CT molecular complexity index is 1460. The number of likely N-dealkylation sites (tertiary alicyclic amines) is 1. The lowest BCUT2D eigenvalue weighted by Crippen LogP contribution is -2.73. The third-order valence-electron chi connectivity index (χ3n) is 9.53. The van der Waals surface area contributed by atoms with Crippen molar-refractivity contribution in [2.24, 2.45) is 7.05 Å². The zero-order valence-corrected chi connectivity index (χ0v) is 21.3. The number of phenolic OH excluding ortho intramolecular Hbond substituents is 1. The Kier molecular flexibility index (Phi) is 4.83. The van der Waals surface area contributed by atoms with Gasteiger partial charge in [0.25, 0.3) is 0 Å². The van der Waals surface area contributed by atoms with Crippen LogP contribution in [0.25, 0.3) is 6.08 Å². The van der Waals surface area contributed by atoms with Gasteiger partial charge < -0.3 is 24.4 Å². The lowest BCUT2D eigenvalue weighted by molar-refractivity contribution is -0.168. The highest BCUT2D eigenvalue weighted by Crippen LogP contribution is 2.68. The quantitative estimate of drug-likeness (QED) is 0.525. The van der Waals surface area contributed by atoms with Gasteiger partial charge >= 0.3 is 0 Å². The van der Waals surface area contributed by atoms with E-state index in [9.17, 15) is 15.0 Å². The second-order valence-corrected chi connectivity index (χ2v) is 11.3. The second kappa shape index (κ2) is 7.83. The van der Waals surface area contributed by atoms with Crippen LogP contribution in [0.1, 0.15) is 52.6 Å². The molecular formula is C31H32N2O4. The van der Waals surface area contributed by atoms with Crippen molar-refractivity contribution in [1.82, 2.24) is 9.47 Å². The number of fused-ring (bicyclic) bond motifs is 2. The highest BCUT2D eigenvalue weighted by atomic mass is 16.5. The minimum atomic E-state index is -1.00. The first-order valence-electron chi connectivity index (χ1n) is 13.2. The van der Waals surface area contributed by atoms with Crippen LogP contribution in [0.2, 0.25) is 0 Å². The van der Waals surface area contributed by atoms with E-state index < -0.39 is 11.0 Å². The number of phenols is 1. The smallest absolute Gasteiger partial charge is 0.166 e. The molecule has 3 aromatic rings. The fraction of sp³-hybridized carbons (Fsp3) is 0.387. The zero-order valence-electron chi connectivity index (χ0n) is 21.3. The molecule has 0 amide bonds. The summed E-state index contributed by atoms with van der Waals surface area (Å²) in [4.78, 5) is 14.9. The Hall–Kier alpha value is -3.35. The standard InChI is InChI=1S/C31H32N2O4/c1-32-15-14-30-26-20-9-13-24(35)28(26)37-29(30)27-21(18-31(30,36)25(32)17-20)16-22(33(27)2)10-12-23(34)11-8-19-6-4-3-5-7-19/h3-7,9-10,12-13,16,25,29,35-36H,8,11,14-15,17-18H2,1-2H3/b12-10+/t25-,29+,30+,31-/m1/s1. The number of aliphatic hydroxyl groups is 1. The number of benzene rings is 2. The first kappa shape index (κ1) is 22.8. The molecule has 2 aliphatic carbocycles. The van der Waals surface area contributed by atoms with Crippen molar-refractivity contribution < 1.29 is 19.7 Å². The lowest BCUT2D eigenvalue weighted by Gasteiger charge is -2.62. The largest absolute Gasteiger partial charge is 0.504 e. The van der Waals surface area contributed by atoms with Crippen LogP contribution in [-0.4, -0.2) is 50.7 Å². The number of carbonyl (C=O) groups excluding carboxylic acids is 1. The molecule has 1 spiro atoms. The van der Waals surface area contributed by atoms with Gasteiger partial charge in [-0.2, -0.15) is 0 Å². The van der Waals surface area contributed by atoms with Gasteiger partial charge in [0.05, 0.1) is 16.7 Å². The number of aryl methyl sites for hydroxylation is 1. The number of hydrogen-bond donors (Lipinski definition) is 2. The molecule has 2 N–H and O–H groups in total. The molecule has 6 heteroatoms. The van der Waals surface area contributed by atoms with Crippen molar-refractivity contribution in [2.75, 3.05) is 13.6 Å². The van der Waals surface area contributed by atoms with E-state index in [2.05, 4.69) is 22.6 Å². The molecule has 6 nitrogen and oxygen atoms in total. The van der Waals surface area contributed by atoms with Gasteiger partial charge in [-0.3, -0.25) is 4.79 Å². The summed E-state index contributed by atoms with van der Waals surface area (Å²) in [5.74, 6) is 0.763. The Morgan fingerprint density at radius 2 is 1.97 bits per heavy atom. The number of carbonyl (C=O) groups is 1. The van der Waals surface area contributed by atoms with Crippen LogP contribution in [-0.2, 0) is 36.5 Å². The third-order valence-corrected chi connectivity index (χ3v) is 9.53. The minimum Gasteiger partial charge on any atom is -0.504 e. The van der Waals surface area contributed by atoms with Crippen LogP contribution in [0.15, 0.2) is 54.6 Å². The first-order chi connectivity index (χ1) is 17.8. The summed E-state index contributed by atoms with van der Waals surface area (Å²) >= 11 is 0. The van der Waals surface area contributed by atoms with E-state index in [1.54, 1.807) is 12.1 Å². The van der Waals surface area contributed by atoms with Crippen LogP contribution in [0.5, 0.6) is 11.5 Å². The van der Waals surface area contributed by atoms with Gasteiger partial charge in [-0.1, -0.05) is 36.4 Å². The van der Waals surface area contributed by atoms with Gasteiger partial charge in [0.2, 0.25) is 0 Å². The predicted octanol–water partition coefficient (Wildman–Crippen LogP) is 3.86. The second-order valence-electron chi connectivity index (χ2n) is 11.3. The molecule has 1 aromatic heterocycles. The monoisotopic (exact) mass is 496 g/mol. The van der Waals surface area contributed by atoms with E-state index in [1.807, 2.05) is 49.5 Å². The van der Waals surface area contributed by atoms with Crippen LogP contribution < -0.4 is 4.74 Å². The molecule has 7 rings (SSSR count). The number of aromatic hydroxyl groups is 1. The summed E-state index contributed by atoms with van der Waals surface area (Å²) in [7, 11) is 4.11. The predicted molar refractivity (Wildman–Crippen MR) is 141 cm³/mol. The van der Waals surface area contributed by atoms with Crippen molar-refractivity contribution in [3.63, 3.8) is 0 Å². The number of nitrogens with zero attached hydrogens (tertiary/aromatic N) is 2. The van der Waals surface area contributed by atoms with E-state index in [0.717, 1.165) is 53.9 Å². The SMILES string of the molecule is CN1CC[C@]23c4c5ccc(O)c4O[C@H]2c2c(cc(/C=C/C(=O)CCc4ccccc4)n2C)C[C@@]3(O)[C@H]1C5. The van der Waals surface area contributed by atoms with E-state index >= 15 is 0 Å². The molecule has 3 heterocycles. The van der Waals surface area contributed by atoms with Crippen molar-refractivity contribution in [3.05, 3.63) is 88.2 Å². The molecule has 37 heavy (non-hydrogen) atoms. The van der Waals surface area contributed by atoms with E-state index in [1.165, 1.54) is 5.56 Å². The van der Waals surface area contributed by atoms with E-state index in [4.69, 9.17) is 4.74 Å². The molecule has 4 atom stereocenters. The topological polar surface area (TPSA) is 74.9 Å². The van der Waals surface area contributed by atoms with Crippen LogP contribution in [0.3, 0.4) is 0 Å². The fourth-order valence-electron chi connectivity index (χ4n) is 7.74. The molecule has 1 fully saturated rings. The van der Waals surface area contributed by atoms with Gasteiger partial charge in [0, 0.05) is 37.2 Å². The molecule has 2 bridgehead atoms. The maximum Gasteiger partial charge on any atom is 0.166 e. The molecule has 0 saturated carbocycles. The lowest BCUT2D eigenvalue weighted by atomic mass is 9.49. The first-order valence-corrected chi connectivity index (χ1v) is 13.2. The van der Waals surface area contributed by atoms with Crippen molar-refractivity contribution in [1.29, 1.82) is 0 Å². The third kappa shape index (κ3) is 2.97. The van der Waals surface area contributed by atoms with Gasteiger partial charge in [-0.15, -0.1) is 0 Å². The Morgan fingerprint density at radius 3 is 2.78 bits per heavy atom. The molecule has 0 radical (unpaired) electrons. The fourth-order valence-corrected chi connectivity index (χ4v) is 7.74. The molecule has 1 saturated heterocycles. The summed E-state index contributed by atoms with van der Waals surface area (Å²) in [6.45, 7) is 0.865. The Balaban J connectivity index is 1.27. The molecule has 2 aliphatic heterocycles. The Morgan fingerprint density at radius 1 is 1.16 bits per heavy atom. The van der Waals surface area contributed by atoms with Crippen molar-refractivity contribution in [2.45, 2.75) is 55.3 Å². The highest BCUT2D eigenvalue weighted by Gasteiger charge is 2.72. The summed E-state index contributed by atoms with van der Waals surface area (Å²) < 4.78 is 8.71. The maximum atomic E-state index is 12.7. The average molecular weight is 497 g/mol. The van der Waals surface area contributed by atoms with Crippen molar-refractivity contribution >= 4 is 11.9 Å². The molecule has 190 valence electrons. The maximum absolute atomic E-state index is 12.7. The summed E-state index contributed by atoms with van der Waals surface area (Å²) in [5, 5.41) is 23.3. The summed E-state index contributed by atoms with van der Waals surface area (Å²) in [6, 6.07) is 15.9. The summed E-state index contributed by atoms with van der Waals surface area (Å²) in [6.07, 6.45) is 6.37. The van der Waals surface area contributed by atoms with Crippen molar-refractivity contribution in [3.8, 4) is 11.5 Å². The van der Waals surface area contributed by atoms with Crippen LogP contribution >= 0.6 is 0 Å². The van der Waals surface area contributed by atoms with Gasteiger partial charge in [0.1, 0.15) is 0 Å². The van der Waals surface area contributed by atoms with Gasteiger partial charge in [0.15, 0.2) is 23.4 Å². The minimum absolute atomic E-state index is 0.0257. The molecule has 0 unspecified atom stereocenters.